The lowest BCUT2D eigenvalue weighted by molar-refractivity contribution is 0.308. The van der Waals surface area contributed by atoms with Crippen molar-refractivity contribution >= 4 is 0 Å². The molecule has 1 aromatic rings. The van der Waals surface area contributed by atoms with E-state index in [0.717, 1.165) is 17.9 Å². The van der Waals surface area contributed by atoms with E-state index < -0.39 is 0 Å². The van der Waals surface area contributed by atoms with E-state index in [1.807, 2.05) is 18.2 Å². The van der Waals surface area contributed by atoms with E-state index in [9.17, 15) is 0 Å². The Kier molecular flexibility index (Phi) is 5.20. The minimum absolute atomic E-state index is 0.482. The molecule has 0 N–H and O–H groups in total. The van der Waals surface area contributed by atoms with Gasteiger partial charge in [-0.1, -0.05) is 38.3 Å². The zero-order chi connectivity index (χ0) is 11.8. The molecule has 0 heterocycles. The lowest BCUT2D eigenvalue weighted by Crippen LogP contribution is -2.00. The second-order valence-corrected chi connectivity index (χ2v) is 3.33. The lowest BCUT2D eigenvalue weighted by Gasteiger charge is -2.11. The molecule has 0 amide bonds. The number of benzene rings is 1. The molecule has 0 atom stereocenters. The smallest absolute Gasteiger partial charge is 0.161 e. The lowest BCUT2D eigenvalue weighted by atomic mass is 10.1. The largest absolute Gasteiger partial charge is 0.486 e. The van der Waals surface area contributed by atoms with Gasteiger partial charge in [0.25, 0.3) is 0 Å². The number of ether oxygens (including phenoxy) is 2. The van der Waals surface area contributed by atoms with E-state index >= 15 is 0 Å². The third kappa shape index (κ3) is 3.46. The SMILES string of the molecule is C=CCOc1ccc(CC)cc1OCC=C. The van der Waals surface area contributed by atoms with Crippen molar-refractivity contribution < 1.29 is 9.47 Å². The second kappa shape index (κ2) is 6.72. The van der Waals surface area contributed by atoms with E-state index in [-0.39, 0.29) is 0 Å². The summed E-state index contributed by atoms with van der Waals surface area (Å²) in [6.07, 6.45) is 4.41. The van der Waals surface area contributed by atoms with Gasteiger partial charge in [0.1, 0.15) is 13.2 Å². The number of hydrogen-bond donors (Lipinski definition) is 0. The van der Waals surface area contributed by atoms with Gasteiger partial charge >= 0.3 is 0 Å². The number of rotatable bonds is 7. The van der Waals surface area contributed by atoms with E-state index in [2.05, 4.69) is 20.1 Å². The van der Waals surface area contributed by atoms with E-state index in [0.29, 0.717) is 13.2 Å². The van der Waals surface area contributed by atoms with Crippen LogP contribution in [0.4, 0.5) is 0 Å². The summed E-state index contributed by atoms with van der Waals surface area (Å²) in [5.74, 6) is 1.51. The normalized spacial score (nSPS) is 9.56. The molecule has 86 valence electrons. The maximum Gasteiger partial charge on any atom is 0.161 e. The molecule has 0 aromatic heterocycles. The molecule has 0 aliphatic carbocycles. The van der Waals surface area contributed by atoms with Crippen LogP contribution < -0.4 is 9.47 Å². The van der Waals surface area contributed by atoms with Gasteiger partial charge in [-0.3, -0.25) is 0 Å². The predicted molar refractivity (Wildman–Crippen MR) is 67.2 cm³/mol. The Balaban J connectivity index is 2.86. The van der Waals surface area contributed by atoms with Crippen LogP contribution in [0.5, 0.6) is 11.5 Å². The number of aryl methyl sites for hydroxylation is 1. The maximum absolute atomic E-state index is 5.55. The zero-order valence-corrected chi connectivity index (χ0v) is 9.74. The highest BCUT2D eigenvalue weighted by atomic mass is 16.5. The molecule has 0 saturated heterocycles. The molecule has 0 saturated carbocycles. The minimum Gasteiger partial charge on any atom is -0.486 e. The van der Waals surface area contributed by atoms with Crippen LogP contribution in [0.15, 0.2) is 43.5 Å². The Morgan fingerprint density at radius 1 is 1.06 bits per heavy atom. The Labute approximate surface area is 97.2 Å². The van der Waals surface area contributed by atoms with Crippen LogP contribution in [-0.4, -0.2) is 13.2 Å². The van der Waals surface area contributed by atoms with Crippen LogP contribution in [-0.2, 0) is 6.42 Å². The molecule has 16 heavy (non-hydrogen) atoms. The van der Waals surface area contributed by atoms with Crippen LogP contribution in [0.25, 0.3) is 0 Å². The molecule has 1 rings (SSSR count). The third-order valence-electron chi connectivity index (χ3n) is 2.13. The number of hydrogen-bond acceptors (Lipinski definition) is 2. The Morgan fingerprint density at radius 2 is 1.69 bits per heavy atom. The summed E-state index contributed by atoms with van der Waals surface area (Å²) in [5, 5.41) is 0. The van der Waals surface area contributed by atoms with E-state index in [1.54, 1.807) is 12.2 Å². The van der Waals surface area contributed by atoms with Crippen molar-refractivity contribution in [3.05, 3.63) is 49.1 Å². The Morgan fingerprint density at radius 3 is 2.25 bits per heavy atom. The summed E-state index contributed by atoms with van der Waals surface area (Å²) >= 11 is 0. The monoisotopic (exact) mass is 218 g/mol. The van der Waals surface area contributed by atoms with Gasteiger partial charge in [-0.15, -0.1) is 0 Å². The quantitative estimate of drug-likeness (QED) is 0.653. The summed E-state index contributed by atoms with van der Waals surface area (Å²) in [6, 6.07) is 5.97. The fourth-order valence-electron chi connectivity index (χ4n) is 1.30. The molecule has 0 bridgehead atoms. The van der Waals surface area contributed by atoms with Gasteiger partial charge in [0.2, 0.25) is 0 Å². The maximum atomic E-state index is 5.55. The highest BCUT2D eigenvalue weighted by molar-refractivity contribution is 5.43. The fraction of sp³-hybridized carbons (Fsp3) is 0.286. The van der Waals surface area contributed by atoms with Gasteiger partial charge < -0.3 is 9.47 Å². The fourth-order valence-corrected chi connectivity index (χ4v) is 1.30. The van der Waals surface area contributed by atoms with Gasteiger partial charge in [0.15, 0.2) is 11.5 Å². The third-order valence-corrected chi connectivity index (χ3v) is 2.13. The van der Waals surface area contributed by atoms with Gasteiger partial charge in [-0.25, -0.2) is 0 Å². The topological polar surface area (TPSA) is 18.5 Å². The molecule has 0 spiro atoms. The van der Waals surface area contributed by atoms with Crippen molar-refractivity contribution in [3.8, 4) is 11.5 Å². The average Bonchev–Trinajstić information content (AvgIpc) is 2.34. The standard InChI is InChI=1S/C14H18O2/c1-4-9-15-13-8-7-12(6-3)11-14(13)16-10-5-2/h4-5,7-8,11H,1-2,6,9-10H2,3H3. The molecule has 0 unspecified atom stereocenters. The van der Waals surface area contributed by atoms with Crippen LogP contribution in [0.1, 0.15) is 12.5 Å². The molecular weight excluding hydrogens is 200 g/mol. The molecule has 1 aromatic carbocycles. The van der Waals surface area contributed by atoms with Gasteiger partial charge in [-0.05, 0) is 24.1 Å². The summed E-state index contributed by atoms with van der Waals surface area (Å²) in [6.45, 7) is 10.3. The summed E-state index contributed by atoms with van der Waals surface area (Å²) in [4.78, 5) is 0. The summed E-state index contributed by atoms with van der Waals surface area (Å²) in [7, 11) is 0. The van der Waals surface area contributed by atoms with Crippen molar-refractivity contribution in [2.45, 2.75) is 13.3 Å². The van der Waals surface area contributed by atoms with Crippen molar-refractivity contribution in [1.29, 1.82) is 0 Å². The first-order valence-electron chi connectivity index (χ1n) is 5.42. The van der Waals surface area contributed by atoms with Crippen molar-refractivity contribution in [2.24, 2.45) is 0 Å². The molecule has 0 aliphatic heterocycles. The molecule has 0 aliphatic rings. The van der Waals surface area contributed by atoms with Crippen LogP contribution >= 0.6 is 0 Å². The molecule has 0 radical (unpaired) electrons. The zero-order valence-electron chi connectivity index (χ0n) is 9.74. The second-order valence-electron chi connectivity index (χ2n) is 3.33. The first kappa shape index (κ1) is 12.4. The van der Waals surface area contributed by atoms with Gasteiger partial charge in [0.05, 0.1) is 0 Å². The van der Waals surface area contributed by atoms with Gasteiger partial charge in [0, 0.05) is 0 Å². The average molecular weight is 218 g/mol. The van der Waals surface area contributed by atoms with Crippen LogP contribution in [0.2, 0.25) is 0 Å². The molecular formula is C14H18O2. The van der Waals surface area contributed by atoms with Crippen molar-refractivity contribution in [3.63, 3.8) is 0 Å². The summed E-state index contributed by atoms with van der Waals surface area (Å²) < 4.78 is 11.1. The van der Waals surface area contributed by atoms with Crippen LogP contribution in [0.3, 0.4) is 0 Å². The molecule has 2 heteroatoms. The van der Waals surface area contributed by atoms with Crippen molar-refractivity contribution in [1.82, 2.24) is 0 Å². The first-order chi connectivity index (χ1) is 7.81. The molecule has 2 nitrogen and oxygen atoms in total. The van der Waals surface area contributed by atoms with E-state index in [1.165, 1.54) is 5.56 Å². The molecule has 0 fully saturated rings. The highest BCUT2D eigenvalue weighted by Gasteiger charge is 2.05. The summed E-state index contributed by atoms with van der Waals surface area (Å²) in [5.41, 5.74) is 1.23. The van der Waals surface area contributed by atoms with E-state index in [4.69, 9.17) is 9.47 Å². The van der Waals surface area contributed by atoms with Gasteiger partial charge in [-0.2, -0.15) is 0 Å². The minimum atomic E-state index is 0.482. The first-order valence-corrected chi connectivity index (χ1v) is 5.42. The van der Waals surface area contributed by atoms with Crippen molar-refractivity contribution in [2.75, 3.05) is 13.2 Å². The highest BCUT2D eigenvalue weighted by Crippen LogP contribution is 2.28. The predicted octanol–water partition coefficient (Wildman–Crippen LogP) is 3.38. The van der Waals surface area contributed by atoms with Crippen LogP contribution in [0, 0.1) is 0 Å². The Hall–Kier alpha value is -1.70. The Bertz CT molecular complexity index is 356.